The number of carboxylic acids is 1. The van der Waals surface area contributed by atoms with Gasteiger partial charge in [-0.15, -0.1) is 0 Å². The van der Waals surface area contributed by atoms with Gasteiger partial charge in [0.2, 0.25) is 5.60 Å². The number of rotatable bonds is 5. The number of benzene rings is 1. The molecule has 0 bridgehead atoms. The Hall–Kier alpha value is -2.79. The number of carboxylic acid groups (broad SMARTS) is 1. The number of aliphatic carboxylic acids is 1. The third-order valence-corrected chi connectivity index (χ3v) is 4.48. The molecule has 0 amide bonds. The van der Waals surface area contributed by atoms with Crippen molar-refractivity contribution in [1.82, 2.24) is 9.13 Å². The van der Waals surface area contributed by atoms with E-state index in [0.717, 1.165) is 20.9 Å². The van der Waals surface area contributed by atoms with E-state index in [2.05, 4.69) is 0 Å². The number of halogens is 5. The minimum Gasteiger partial charge on any atom is -0.478 e. The van der Waals surface area contributed by atoms with E-state index in [1.807, 2.05) is 0 Å². The third kappa shape index (κ3) is 4.36. The van der Waals surface area contributed by atoms with Gasteiger partial charge in [-0.3, -0.25) is 9.36 Å². The van der Waals surface area contributed by atoms with E-state index < -0.39 is 62.0 Å². The van der Waals surface area contributed by atoms with Crippen LogP contribution >= 0.6 is 23.2 Å². The van der Waals surface area contributed by atoms with Crippen LogP contribution in [-0.4, -0.2) is 31.8 Å². The summed E-state index contributed by atoms with van der Waals surface area (Å²) in [7, 11) is 0.877. The Morgan fingerprint density at radius 2 is 1.73 bits per heavy atom. The summed E-state index contributed by atoms with van der Waals surface area (Å²) in [6.45, 7) is 2.13. The minimum atomic E-state index is -4.05. The van der Waals surface area contributed by atoms with Crippen molar-refractivity contribution in [2.75, 3.05) is 0 Å². The van der Waals surface area contributed by atoms with Crippen molar-refractivity contribution in [3.05, 3.63) is 61.1 Å². The monoisotopic (exact) mass is 468 g/mol. The molecule has 0 saturated carbocycles. The van der Waals surface area contributed by atoms with Gasteiger partial charge in [-0.2, -0.15) is 8.78 Å². The fourth-order valence-electron chi connectivity index (χ4n) is 2.32. The summed E-state index contributed by atoms with van der Waals surface area (Å²) in [6, 6.07) is 1.57. The van der Waals surface area contributed by atoms with Crippen molar-refractivity contribution < 1.29 is 32.6 Å². The van der Waals surface area contributed by atoms with Crippen LogP contribution in [0.1, 0.15) is 29.9 Å². The van der Waals surface area contributed by atoms with Crippen LogP contribution in [0.15, 0.2) is 27.8 Å². The summed E-state index contributed by atoms with van der Waals surface area (Å²) in [6.07, 6.45) is 0. The van der Waals surface area contributed by atoms with Crippen LogP contribution in [0.5, 0.6) is 0 Å². The second kappa shape index (κ2) is 7.80. The van der Waals surface area contributed by atoms with Gasteiger partial charge >= 0.3 is 23.0 Å². The van der Waals surface area contributed by atoms with E-state index in [1.54, 1.807) is 0 Å². The Kier molecular flexibility index (Phi) is 6.11. The first-order valence-corrected chi connectivity index (χ1v) is 8.70. The van der Waals surface area contributed by atoms with Gasteiger partial charge in [0.1, 0.15) is 11.5 Å². The average Bonchev–Trinajstić information content (AvgIpc) is 2.58. The summed E-state index contributed by atoms with van der Waals surface area (Å²) in [5.74, 6) is -4.02. The van der Waals surface area contributed by atoms with Crippen LogP contribution in [-0.2, 0) is 22.0 Å². The van der Waals surface area contributed by atoms with Gasteiger partial charge in [0.05, 0.1) is 16.3 Å². The van der Waals surface area contributed by atoms with Crippen molar-refractivity contribution in [2.24, 2.45) is 7.05 Å². The molecule has 30 heavy (non-hydrogen) atoms. The zero-order chi connectivity index (χ0) is 23.2. The van der Waals surface area contributed by atoms with E-state index in [1.165, 1.54) is 0 Å². The number of carbonyl (C=O) groups is 2. The van der Waals surface area contributed by atoms with Crippen LogP contribution < -0.4 is 11.2 Å². The van der Waals surface area contributed by atoms with Gasteiger partial charge in [0.25, 0.3) is 5.56 Å². The molecule has 0 aliphatic heterocycles. The normalized spacial score (nSPS) is 12.0. The second-order valence-corrected chi connectivity index (χ2v) is 7.41. The lowest BCUT2D eigenvalue weighted by molar-refractivity contribution is -0.155. The van der Waals surface area contributed by atoms with Crippen molar-refractivity contribution in [1.29, 1.82) is 0 Å². The van der Waals surface area contributed by atoms with Crippen molar-refractivity contribution in [3.63, 3.8) is 0 Å². The Morgan fingerprint density at radius 1 is 1.17 bits per heavy atom. The smallest absolute Gasteiger partial charge is 0.363 e. The highest BCUT2D eigenvalue weighted by Gasteiger charge is 2.34. The molecule has 0 aliphatic carbocycles. The molecule has 8 nitrogen and oxygen atoms in total. The number of carbonyl (C=O) groups excluding carboxylic acids is 1. The van der Waals surface area contributed by atoms with E-state index in [4.69, 9.17) is 33.0 Å². The molecule has 13 heteroatoms. The number of nitrogens with zero attached hydrogens (tertiary/aromatic N) is 2. The first-order valence-electron chi connectivity index (χ1n) is 7.94. The van der Waals surface area contributed by atoms with Crippen LogP contribution in [0.2, 0.25) is 5.02 Å². The average molecular weight is 469 g/mol. The lowest BCUT2D eigenvalue weighted by Gasteiger charge is -2.20. The molecule has 2 aromatic rings. The molecule has 2 rings (SSSR count). The van der Waals surface area contributed by atoms with E-state index in [0.29, 0.717) is 22.8 Å². The maximum atomic E-state index is 14.5. The lowest BCUT2D eigenvalue weighted by atomic mass is 10.1. The Morgan fingerprint density at radius 3 is 2.23 bits per heavy atom. The molecule has 0 radical (unpaired) electrons. The van der Waals surface area contributed by atoms with Gasteiger partial charge in [-0.25, -0.2) is 23.3 Å². The van der Waals surface area contributed by atoms with Gasteiger partial charge in [0.15, 0.2) is 0 Å². The summed E-state index contributed by atoms with van der Waals surface area (Å²) >= 11 is 10.7. The van der Waals surface area contributed by atoms with Gasteiger partial charge in [0, 0.05) is 13.1 Å². The predicted octanol–water partition coefficient (Wildman–Crippen LogP) is 2.64. The zero-order valence-electron chi connectivity index (χ0n) is 15.5. The predicted molar refractivity (Wildman–Crippen MR) is 99.1 cm³/mol. The number of esters is 1. The number of aromatic nitrogens is 2. The van der Waals surface area contributed by atoms with Crippen molar-refractivity contribution >= 4 is 35.1 Å². The first-order chi connectivity index (χ1) is 13.6. The summed E-state index contributed by atoms with van der Waals surface area (Å²) in [5.41, 5.74) is -7.22. The molecule has 1 N–H and O–H groups in total. The molecule has 162 valence electrons. The fourth-order valence-corrected chi connectivity index (χ4v) is 2.72. The van der Waals surface area contributed by atoms with Gasteiger partial charge in [-0.05, 0) is 37.6 Å². The summed E-state index contributed by atoms with van der Waals surface area (Å²) in [5, 5.41) is 4.49. The van der Waals surface area contributed by atoms with Crippen molar-refractivity contribution in [3.8, 4) is 5.69 Å². The highest BCUT2D eigenvalue weighted by atomic mass is 35.5. The molecule has 1 aromatic carbocycles. The second-order valence-electron chi connectivity index (χ2n) is 6.53. The highest BCUT2D eigenvalue weighted by Crippen LogP contribution is 2.30. The number of hydrogen-bond acceptors (Lipinski definition) is 5. The molecule has 0 spiro atoms. The van der Waals surface area contributed by atoms with Crippen LogP contribution in [0.4, 0.5) is 13.2 Å². The van der Waals surface area contributed by atoms with E-state index in [9.17, 15) is 32.3 Å². The lowest BCUT2D eigenvalue weighted by Crippen LogP contribution is -2.41. The Bertz CT molecular complexity index is 1170. The third-order valence-electron chi connectivity index (χ3n) is 3.97. The van der Waals surface area contributed by atoms with Crippen LogP contribution in [0.3, 0.4) is 0 Å². The largest absolute Gasteiger partial charge is 0.478 e. The molecule has 0 atom stereocenters. The van der Waals surface area contributed by atoms with E-state index in [-0.39, 0.29) is 4.57 Å². The highest BCUT2D eigenvalue weighted by molar-refractivity contribution is 6.33. The van der Waals surface area contributed by atoms with Gasteiger partial charge < -0.3 is 9.84 Å². The van der Waals surface area contributed by atoms with Gasteiger partial charge in [-0.1, -0.05) is 11.6 Å². The standard InChI is InChI=1S/C17H13Cl2F3N2O6/c1-16(2,14(27)28)30-13(26)7-4-10(9(20)5-8(7)18)24-12(25)6-11(17(19,21)22)23(3)15(24)29/h4-6H,1-3H3,(H,27,28). The molecule has 0 fully saturated rings. The zero-order valence-corrected chi connectivity index (χ0v) is 17.0. The topological polar surface area (TPSA) is 108 Å². The number of hydrogen-bond donors (Lipinski definition) is 1. The minimum absolute atomic E-state index is 0.177. The molecule has 0 unspecified atom stereocenters. The fraction of sp³-hybridized carbons (Fsp3) is 0.294. The molecule has 1 heterocycles. The Balaban J connectivity index is 2.71. The number of ether oxygens (including phenoxy) is 1. The van der Waals surface area contributed by atoms with Crippen molar-refractivity contribution in [2.45, 2.75) is 24.8 Å². The van der Waals surface area contributed by atoms with Crippen LogP contribution in [0, 0.1) is 5.82 Å². The molecule has 0 aliphatic rings. The molecular weight excluding hydrogens is 456 g/mol. The van der Waals surface area contributed by atoms with E-state index >= 15 is 0 Å². The Labute approximate surface area is 176 Å². The maximum absolute atomic E-state index is 14.5. The summed E-state index contributed by atoms with van der Waals surface area (Å²) < 4.78 is 46.6. The molecule has 1 aromatic heterocycles. The summed E-state index contributed by atoms with van der Waals surface area (Å²) in [4.78, 5) is 48.1. The maximum Gasteiger partial charge on any atom is 0.363 e. The SMILES string of the molecule is Cn1c(C(F)(F)Cl)cc(=O)n(-c2cc(C(=O)OC(C)(C)C(=O)O)c(Cl)cc2F)c1=O. The van der Waals surface area contributed by atoms with Crippen LogP contribution in [0.25, 0.3) is 5.69 Å². The first kappa shape index (κ1) is 23.5. The molecular formula is C17H13Cl2F3N2O6. The quantitative estimate of drug-likeness (QED) is 0.533. The molecule has 0 saturated heterocycles. The number of alkyl halides is 3.